The molecule has 0 aliphatic heterocycles. The second-order valence-corrected chi connectivity index (χ2v) is 7.23. The van der Waals surface area contributed by atoms with Crippen molar-refractivity contribution in [3.63, 3.8) is 0 Å². The number of hydrogen-bond acceptors (Lipinski definition) is 4. The summed E-state index contributed by atoms with van der Waals surface area (Å²) in [6.45, 7) is 2.66. The SMILES string of the molecule is CCCCC[C@@H](C(=O)O)[C@@H](COCc1ccccc1)N(C=O)OCc1ccccc1. The molecule has 162 valence electrons. The molecule has 6 heteroatoms. The topological polar surface area (TPSA) is 76.1 Å². The fraction of sp³-hybridized carbons (Fsp3) is 0.417. The molecule has 1 amide bonds. The van der Waals surface area contributed by atoms with E-state index in [2.05, 4.69) is 6.92 Å². The summed E-state index contributed by atoms with van der Waals surface area (Å²) < 4.78 is 5.81. The maximum Gasteiger partial charge on any atom is 0.308 e. The van der Waals surface area contributed by atoms with Gasteiger partial charge >= 0.3 is 5.97 Å². The Kier molecular flexibility index (Phi) is 10.6. The lowest BCUT2D eigenvalue weighted by Crippen LogP contribution is -2.46. The average Bonchev–Trinajstić information content (AvgIpc) is 2.77. The van der Waals surface area contributed by atoms with E-state index >= 15 is 0 Å². The Labute approximate surface area is 178 Å². The Morgan fingerprint density at radius 3 is 2.13 bits per heavy atom. The van der Waals surface area contributed by atoms with E-state index in [1.165, 1.54) is 0 Å². The summed E-state index contributed by atoms with van der Waals surface area (Å²) in [7, 11) is 0. The molecule has 0 saturated heterocycles. The second-order valence-electron chi connectivity index (χ2n) is 7.23. The van der Waals surface area contributed by atoms with Gasteiger partial charge in [0.15, 0.2) is 0 Å². The summed E-state index contributed by atoms with van der Waals surface area (Å²) in [5, 5.41) is 10.9. The van der Waals surface area contributed by atoms with Gasteiger partial charge in [-0.05, 0) is 17.5 Å². The van der Waals surface area contributed by atoms with Crippen molar-refractivity contribution in [1.29, 1.82) is 0 Å². The van der Waals surface area contributed by atoms with Crippen LogP contribution in [0.5, 0.6) is 0 Å². The monoisotopic (exact) mass is 413 g/mol. The van der Waals surface area contributed by atoms with Crippen molar-refractivity contribution < 1.29 is 24.3 Å². The Hall–Kier alpha value is -2.70. The van der Waals surface area contributed by atoms with Crippen molar-refractivity contribution in [2.45, 2.75) is 51.9 Å². The number of aliphatic carboxylic acids is 1. The van der Waals surface area contributed by atoms with Crippen molar-refractivity contribution in [3.8, 4) is 0 Å². The highest BCUT2D eigenvalue weighted by Crippen LogP contribution is 2.21. The summed E-state index contributed by atoms with van der Waals surface area (Å²) in [4.78, 5) is 29.5. The molecule has 0 aliphatic carbocycles. The molecule has 2 aromatic carbocycles. The number of hydrogen-bond donors (Lipinski definition) is 1. The van der Waals surface area contributed by atoms with Crippen LogP contribution < -0.4 is 0 Å². The number of nitrogens with zero attached hydrogens (tertiary/aromatic N) is 1. The van der Waals surface area contributed by atoms with Gasteiger partial charge in [-0.2, -0.15) is 0 Å². The molecule has 0 spiro atoms. The van der Waals surface area contributed by atoms with Crippen molar-refractivity contribution in [1.82, 2.24) is 5.06 Å². The zero-order valence-corrected chi connectivity index (χ0v) is 17.5. The molecule has 0 bridgehead atoms. The minimum atomic E-state index is -0.949. The third-order valence-corrected chi connectivity index (χ3v) is 4.95. The number of carboxylic acid groups (broad SMARTS) is 1. The van der Waals surface area contributed by atoms with Crippen LogP contribution in [0.25, 0.3) is 0 Å². The van der Waals surface area contributed by atoms with Crippen LogP contribution in [-0.4, -0.2) is 35.2 Å². The molecule has 0 saturated carbocycles. The molecule has 2 rings (SSSR count). The molecule has 0 aromatic heterocycles. The highest BCUT2D eigenvalue weighted by atomic mass is 16.7. The molecule has 0 fully saturated rings. The van der Waals surface area contributed by atoms with Gasteiger partial charge in [-0.3, -0.25) is 14.4 Å². The molecule has 0 aliphatic rings. The largest absolute Gasteiger partial charge is 0.481 e. The lowest BCUT2D eigenvalue weighted by Gasteiger charge is -2.31. The Morgan fingerprint density at radius 1 is 1.00 bits per heavy atom. The van der Waals surface area contributed by atoms with E-state index in [1.807, 2.05) is 60.7 Å². The third kappa shape index (κ3) is 7.97. The molecule has 0 unspecified atom stereocenters. The molecule has 0 radical (unpaired) electrons. The number of rotatable bonds is 15. The van der Waals surface area contributed by atoms with Gasteiger partial charge in [0.05, 0.1) is 25.2 Å². The van der Waals surface area contributed by atoms with Crippen LogP contribution >= 0.6 is 0 Å². The van der Waals surface area contributed by atoms with Gasteiger partial charge in [0.2, 0.25) is 6.41 Å². The van der Waals surface area contributed by atoms with Crippen LogP contribution in [0.1, 0.15) is 43.7 Å². The van der Waals surface area contributed by atoms with E-state index < -0.39 is 17.9 Å². The van der Waals surface area contributed by atoms with Crippen molar-refractivity contribution in [3.05, 3.63) is 71.8 Å². The molecular weight excluding hydrogens is 382 g/mol. The number of carbonyl (C=O) groups is 2. The number of benzene rings is 2. The van der Waals surface area contributed by atoms with Gasteiger partial charge in [-0.1, -0.05) is 86.8 Å². The van der Waals surface area contributed by atoms with Gasteiger partial charge in [0.1, 0.15) is 6.61 Å². The molecule has 2 atom stereocenters. The number of carboxylic acids is 1. The smallest absolute Gasteiger partial charge is 0.308 e. The van der Waals surface area contributed by atoms with Crippen LogP contribution in [0.3, 0.4) is 0 Å². The number of unbranched alkanes of at least 4 members (excludes halogenated alkanes) is 2. The number of hydroxylamine groups is 2. The first kappa shape index (κ1) is 23.6. The fourth-order valence-corrected chi connectivity index (χ4v) is 3.26. The van der Waals surface area contributed by atoms with Crippen LogP contribution in [0.15, 0.2) is 60.7 Å². The number of carbonyl (C=O) groups excluding carboxylic acids is 1. The zero-order valence-electron chi connectivity index (χ0n) is 17.5. The summed E-state index contributed by atoms with van der Waals surface area (Å²) in [6, 6.07) is 18.4. The van der Waals surface area contributed by atoms with Gasteiger partial charge in [-0.25, -0.2) is 5.06 Å². The molecule has 0 heterocycles. The molecule has 2 aromatic rings. The lowest BCUT2D eigenvalue weighted by molar-refractivity contribution is -0.209. The van der Waals surface area contributed by atoms with Gasteiger partial charge in [0.25, 0.3) is 0 Å². The van der Waals surface area contributed by atoms with E-state index in [0.29, 0.717) is 19.4 Å². The predicted molar refractivity (Wildman–Crippen MR) is 114 cm³/mol. The third-order valence-electron chi connectivity index (χ3n) is 4.95. The lowest BCUT2D eigenvalue weighted by atomic mass is 9.93. The highest BCUT2D eigenvalue weighted by molar-refractivity contribution is 5.71. The van der Waals surface area contributed by atoms with Crippen molar-refractivity contribution in [2.24, 2.45) is 5.92 Å². The summed E-state index contributed by atoms with van der Waals surface area (Å²) >= 11 is 0. The number of amides is 1. The maximum atomic E-state index is 12.0. The fourth-order valence-electron chi connectivity index (χ4n) is 3.26. The quantitative estimate of drug-likeness (QED) is 0.265. The molecule has 6 nitrogen and oxygen atoms in total. The van der Waals surface area contributed by atoms with Crippen LogP contribution in [0.2, 0.25) is 0 Å². The first-order chi connectivity index (χ1) is 14.7. The number of ether oxygens (including phenoxy) is 1. The van der Waals surface area contributed by atoms with Gasteiger partial charge in [0, 0.05) is 0 Å². The highest BCUT2D eigenvalue weighted by Gasteiger charge is 2.33. The second kappa shape index (κ2) is 13.5. The van der Waals surface area contributed by atoms with Crippen LogP contribution in [-0.2, 0) is 32.4 Å². The predicted octanol–water partition coefficient (Wildman–Crippen LogP) is 4.44. The van der Waals surface area contributed by atoms with Crippen molar-refractivity contribution >= 4 is 12.4 Å². The maximum absolute atomic E-state index is 12.0. The summed E-state index contributed by atoms with van der Waals surface area (Å²) in [5.41, 5.74) is 1.88. The van der Waals surface area contributed by atoms with E-state index in [0.717, 1.165) is 35.5 Å². The zero-order chi connectivity index (χ0) is 21.6. The minimum Gasteiger partial charge on any atom is -0.481 e. The van der Waals surface area contributed by atoms with Crippen molar-refractivity contribution in [2.75, 3.05) is 6.61 Å². The molecule has 1 N–H and O–H groups in total. The molecular formula is C24H31NO5. The first-order valence-electron chi connectivity index (χ1n) is 10.4. The average molecular weight is 414 g/mol. The first-order valence-corrected chi connectivity index (χ1v) is 10.4. The standard InChI is InChI=1S/C24H31NO5/c1-2-3-6-15-22(24(27)28)23(18-29-16-20-11-7-4-8-12-20)25(19-26)30-17-21-13-9-5-10-14-21/h4-5,7-14,19,22-23H,2-3,6,15-18H2,1H3,(H,27,28)/t22-,23-/m1/s1. The Balaban J connectivity index is 2.09. The Bertz CT molecular complexity index is 738. The Morgan fingerprint density at radius 2 is 1.60 bits per heavy atom. The summed E-state index contributed by atoms with van der Waals surface area (Å²) in [6.07, 6.45) is 3.71. The summed E-state index contributed by atoms with van der Waals surface area (Å²) in [5.74, 6) is -1.72. The normalized spacial score (nSPS) is 12.8. The van der Waals surface area contributed by atoms with E-state index in [-0.39, 0.29) is 13.2 Å². The van der Waals surface area contributed by atoms with Gasteiger partial charge in [-0.15, -0.1) is 0 Å². The van der Waals surface area contributed by atoms with E-state index in [4.69, 9.17) is 9.57 Å². The van der Waals surface area contributed by atoms with E-state index in [1.54, 1.807) is 0 Å². The van der Waals surface area contributed by atoms with E-state index in [9.17, 15) is 14.7 Å². The van der Waals surface area contributed by atoms with Gasteiger partial charge < -0.3 is 9.84 Å². The minimum absolute atomic E-state index is 0.0749. The molecule has 30 heavy (non-hydrogen) atoms. The van der Waals surface area contributed by atoms with Crippen LogP contribution in [0.4, 0.5) is 0 Å². The van der Waals surface area contributed by atoms with Crippen LogP contribution in [0, 0.1) is 5.92 Å².